The smallest absolute Gasteiger partial charge is 0.188 e. The van der Waals surface area contributed by atoms with E-state index in [2.05, 4.69) is 27.6 Å². The molecule has 0 radical (unpaired) electrons. The molecule has 2 rings (SSSR count). The van der Waals surface area contributed by atoms with Crippen LogP contribution in [0.3, 0.4) is 0 Å². The SMILES string of the molecule is CCSc1nnc(-c2cccc(NOC)c2)[nH]1. The van der Waals surface area contributed by atoms with Gasteiger partial charge in [-0.15, -0.1) is 10.2 Å². The zero-order chi connectivity index (χ0) is 12.1. The number of nitrogens with one attached hydrogen (secondary N) is 2. The van der Waals surface area contributed by atoms with Gasteiger partial charge in [-0.2, -0.15) is 0 Å². The van der Waals surface area contributed by atoms with Crippen LogP contribution in [0.2, 0.25) is 0 Å². The fourth-order valence-electron chi connectivity index (χ4n) is 1.43. The van der Waals surface area contributed by atoms with Crippen molar-refractivity contribution in [1.82, 2.24) is 15.2 Å². The molecule has 0 spiro atoms. The van der Waals surface area contributed by atoms with Gasteiger partial charge < -0.3 is 4.98 Å². The summed E-state index contributed by atoms with van der Waals surface area (Å²) in [5, 5.41) is 9.02. The third-order valence-corrected chi connectivity index (χ3v) is 2.85. The molecule has 0 saturated carbocycles. The first-order valence-corrected chi connectivity index (χ1v) is 6.27. The number of nitrogens with zero attached hydrogens (tertiary/aromatic N) is 2. The fourth-order valence-corrected chi connectivity index (χ4v) is 1.97. The number of anilines is 1. The van der Waals surface area contributed by atoms with Crippen LogP contribution in [0.4, 0.5) is 5.69 Å². The van der Waals surface area contributed by atoms with E-state index in [4.69, 9.17) is 4.84 Å². The third-order valence-electron chi connectivity index (χ3n) is 2.10. The van der Waals surface area contributed by atoms with E-state index < -0.39 is 0 Å². The van der Waals surface area contributed by atoms with Crippen LogP contribution in [-0.2, 0) is 4.84 Å². The number of aromatic nitrogens is 3. The van der Waals surface area contributed by atoms with Gasteiger partial charge in [0, 0.05) is 5.56 Å². The summed E-state index contributed by atoms with van der Waals surface area (Å²) in [6, 6.07) is 7.78. The van der Waals surface area contributed by atoms with E-state index in [9.17, 15) is 0 Å². The van der Waals surface area contributed by atoms with Gasteiger partial charge in [-0.1, -0.05) is 30.8 Å². The summed E-state index contributed by atoms with van der Waals surface area (Å²) in [5.41, 5.74) is 4.64. The van der Waals surface area contributed by atoms with Gasteiger partial charge in [0.2, 0.25) is 0 Å². The first-order valence-electron chi connectivity index (χ1n) is 5.28. The van der Waals surface area contributed by atoms with Crippen LogP contribution in [0.1, 0.15) is 6.92 Å². The molecular weight excluding hydrogens is 236 g/mol. The average molecular weight is 250 g/mol. The van der Waals surface area contributed by atoms with Crippen molar-refractivity contribution in [2.24, 2.45) is 0 Å². The van der Waals surface area contributed by atoms with Crippen LogP contribution in [-0.4, -0.2) is 28.0 Å². The molecule has 1 aromatic heterocycles. The minimum Gasteiger partial charge on any atom is -0.316 e. The maximum Gasteiger partial charge on any atom is 0.188 e. The number of hydrogen-bond acceptors (Lipinski definition) is 5. The molecule has 90 valence electrons. The summed E-state index contributed by atoms with van der Waals surface area (Å²) in [7, 11) is 1.58. The molecule has 5 nitrogen and oxygen atoms in total. The molecular formula is C11H14N4OS. The third kappa shape index (κ3) is 2.98. The van der Waals surface area contributed by atoms with Gasteiger partial charge in [0.15, 0.2) is 11.0 Å². The van der Waals surface area contributed by atoms with Crippen molar-refractivity contribution in [3.05, 3.63) is 24.3 Å². The fraction of sp³-hybridized carbons (Fsp3) is 0.273. The second kappa shape index (κ2) is 5.70. The monoisotopic (exact) mass is 250 g/mol. The van der Waals surface area contributed by atoms with E-state index in [-0.39, 0.29) is 0 Å². The molecule has 2 aromatic rings. The van der Waals surface area contributed by atoms with Gasteiger partial charge in [0.25, 0.3) is 0 Å². The van der Waals surface area contributed by atoms with Crippen LogP contribution in [0.25, 0.3) is 11.4 Å². The molecule has 1 heterocycles. The van der Waals surface area contributed by atoms with Crippen LogP contribution >= 0.6 is 11.8 Å². The Balaban J connectivity index is 2.22. The highest BCUT2D eigenvalue weighted by Crippen LogP contribution is 2.21. The van der Waals surface area contributed by atoms with E-state index in [0.717, 1.165) is 28.0 Å². The predicted molar refractivity (Wildman–Crippen MR) is 68.8 cm³/mol. The summed E-state index contributed by atoms with van der Waals surface area (Å²) < 4.78 is 0. The lowest BCUT2D eigenvalue weighted by Crippen LogP contribution is -1.95. The topological polar surface area (TPSA) is 62.8 Å². The molecule has 0 saturated heterocycles. The Hall–Kier alpha value is -1.53. The van der Waals surface area contributed by atoms with Crippen molar-refractivity contribution in [2.75, 3.05) is 18.3 Å². The van der Waals surface area contributed by atoms with Gasteiger partial charge in [-0.05, 0) is 17.9 Å². The second-order valence-corrected chi connectivity index (χ2v) is 4.55. The van der Waals surface area contributed by atoms with E-state index in [1.165, 1.54) is 0 Å². The largest absolute Gasteiger partial charge is 0.316 e. The first kappa shape index (κ1) is 11.9. The number of H-pyrrole nitrogens is 1. The van der Waals surface area contributed by atoms with E-state index >= 15 is 0 Å². The van der Waals surface area contributed by atoms with Gasteiger partial charge in [0.05, 0.1) is 12.8 Å². The zero-order valence-electron chi connectivity index (χ0n) is 9.73. The molecule has 0 aliphatic carbocycles. The summed E-state index contributed by atoms with van der Waals surface area (Å²) in [5.74, 6) is 1.74. The summed E-state index contributed by atoms with van der Waals surface area (Å²) >= 11 is 1.64. The zero-order valence-corrected chi connectivity index (χ0v) is 10.5. The Morgan fingerprint density at radius 2 is 2.29 bits per heavy atom. The summed E-state index contributed by atoms with van der Waals surface area (Å²) in [4.78, 5) is 8.03. The lowest BCUT2D eigenvalue weighted by Gasteiger charge is -2.03. The van der Waals surface area contributed by atoms with Gasteiger partial charge in [-0.25, -0.2) is 0 Å². The number of aromatic amines is 1. The van der Waals surface area contributed by atoms with Crippen LogP contribution < -0.4 is 5.48 Å². The molecule has 6 heteroatoms. The lowest BCUT2D eigenvalue weighted by atomic mass is 10.2. The maximum absolute atomic E-state index is 4.86. The molecule has 1 aromatic carbocycles. The normalized spacial score (nSPS) is 10.5. The Kier molecular flexibility index (Phi) is 4.00. The quantitative estimate of drug-likeness (QED) is 0.630. The Labute approximate surface area is 104 Å². The molecule has 0 atom stereocenters. The Morgan fingerprint density at radius 3 is 3.06 bits per heavy atom. The Morgan fingerprint density at radius 1 is 1.41 bits per heavy atom. The molecule has 0 fully saturated rings. The first-order chi connectivity index (χ1) is 8.33. The molecule has 0 aliphatic rings. The lowest BCUT2D eigenvalue weighted by molar-refractivity contribution is 0.271. The van der Waals surface area contributed by atoms with Crippen molar-refractivity contribution in [1.29, 1.82) is 0 Å². The summed E-state index contributed by atoms with van der Waals surface area (Å²) in [6.07, 6.45) is 0. The van der Waals surface area contributed by atoms with Crippen molar-refractivity contribution < 1.29 is 4.84 Å². The maximum atomic E-state index is 4.86. The molecule has 0 amide bonds. The standard InChI is InChI=1S/C11H14N4OS/c1-3-17-11-12-10(13-14-11)8-5-4-6-9(7-8)15-16-2/h4-7,15H,3H2,1-2H3,(H,12,13,14). The van der Waals surface area contributed by atoms with Crippen LogP contribution in [0.15, 0.2) is 29.4 Å². The predicted octanol–water partition coefficient (Wildman–Crippen LogP) is 2.56. The minimum absolute atomic E-state index is 0.765. The van der Waals surface area contributed by atoms with E-state index in [1.807, 2.05) is 24.3 Å². The molecule has 0 bridgehead atoms. The highest BCUT2D eigenvalue weighted by Gasteiger charge is 2.05. The van der Waals surface area contributed by atoms with Crippen molar-refractivity contribution in [3.63, 3.8) is 0 Å². The van der Waals surface area contributed by atoms with E-state index in [0.29, 0.717) is 0 Å². The molecule has 2 N–H and O–H groups in total. The molecule has 0 aliphatic heterocycles. The molecule has 17 heavy (non-hydrogen) atoms. The van der Waals surface area contributed by atoms with Crippen molar-refractivity contribution in [2.45, 2.75) is 12.1 Å². The van der Waals surface area contributed by atoms with Crippen molar-refractivity contribution in [3.8, 4) is 11.4 Å². The number of rotatable bonds is 5. The van der Waals surface area contributed by atoms with Gasteiger partial charge >= 0.3 is 0 Å². The van der Waals surface area contributed by atoms with Gasteiger partial charge in [0.1, 0.15) is 0 Å². The highest BCUT2D eigenvalue weighted by molar-refractivity contribution is 7.99. The van der Waals surface area contributed by atoms with Gasteiger partial charge in [-0.3, -0.25) is 10.3 Å². The van der Waals surface area contributed by atoms with E-state index in [1.54, 1.807) is 18.9 Å². The number of hydrogen-bond donors (Lipinski definition) is 2. The second-order valence-electron chi connectivity index (χ2n) is 3.30. The van der Waals surface area contributed by atoms with Crippen LogP contribution in [0.5, 0.6) is 0 Å². The minimum atomic E-state index is 0.765. The van der Waals surface area contributed by atoms with Crippen LogP contribution in [0, 0.1) is 0 Å². The molecule has 0 unspecified atom stereocenters. The Bertz CT molecular complexity index is 486. The van der Waals surface area contributed by atoms with Crippen molar-refractivity contribution >= 4 is 17.4 Å². The highest BCUT2D eigenvalue weighted by atomic mass is 32.2. The number of benzene rings is 1. The number of thioether (sulfide) groups is 1. The summed E-state index contributed by atoms with van der Waals surface area (Å²) in [6.45, 7) is 2.08. The average Bonchev–Trinajstić information content (AvgIpc) is 2.79.